The largest absolute Gasteiger partial charge is 0.481 e. The van der Waals surface area contributed by atoms with Gasteiger partial charge in [0.05, 0.1) is 5.92 Å². The Labute approximate surface area is 84.8 Å². The van der Waals surface area contributed by atoms with Gasteiger partial charge in [0, 0.05) is 20.3 Å². The number of nitrogens with zero attached hydrogens (tertiary/aromatic N) is 1. The van der Waals surface area contributed by atoms with Crippen molar-refractivity contribution >= 4 is 5.97 Å². The summed E-state index contributed by atoms with van der Waals surface area (Å²) in [7, 11) is 1.61. The zero-order chi connectivity index (χ0) is 10.4. The van der Waals surface area contributed by atoms with Crippen LogP contribution in [0.5, 0.6) is 0 Å². The Kier molecular flexibility index (Phi) is 4.90. The average molecular weight is 201 g/mol. The Morgan fingerprint density at radius 1 is 1.50 bits per heavy atom. The van der Waals surface area contributed by atoms with Crippen molar-refractivity contribution in [2.45, 2.75) is 19.3 Å². The van der Waals surface area contributed by atoms with Crippen molar-refractivity contribution in [1.29, 1.82) is 0 Å². The summed E-state index contributed by atoms with van der Waals surface area (Å²) in [6, 6.07) is 0. The van der Waals surface area contributed by atoms with Gasteiger partial charge in [0.2, 0.25) is 0 Å². The number of ether oxygens (including phenoxy) is 1. The molecular weight excluding hydrogens is 182 g/mol. The number of hydrogen-bond donors (Lipinski definition) is 1. The molecule has 1 heterocycles. The van der Waals surface area contributed by atoms with Crippen LogP contribution in [0.25, 0.3) is 0 Å². The maximum atomic E-state index is 10.9. The molecule has 1 saturated heterocycles. The van der Waals surface area contributed by atoms with E-state index in [0.29, 0.717) is 19.6 Å². The van der Waals surface area contributed by atoms with Crippen LogP contribution in [0, 0.1) is 5.92 Å². The highest BCUT2D eigenvalue weighted by atomic mass is 16.5. The van der Waals surface area contributed by atoms with Crippen LogP contribution in [0.1, 0.15) is 19.3 Å². The lowest BCUT2D eigenvalue weighted by Crippen LogP contribution is -2.31. The number of aliphatic carboxylic acids is 1. The minimum absolute atomic E-state index is 0.270. The van der Waals surface area contributed by atoms with Crippen LogP contribution < -0.4 is 0 Å². The smallest absolute Gasteiger partial charge is 0.307 e. The molecule has 1 atom stereocenters. The predicted octanol–water partition coefficient (Wildman–Crippen LogP) is 0.820. The molecule has 82 valence electrons. The van der Waals surface area contributed by atoms with Crippen molar-refractivity contribution in [2.24, 2.45) is 5.92 Å². The fourth-order valence-corrected chi connectivity index (χ4v) is 1.83. The van der Waals surface area contributed by atoms with Crippen molar-refractivity contribution in [3.05, 3.63) is 0 Å². The third-order valence-corrected chi connectivity index (χ3v) is 2.70. The molecule has 1 unspecified atom stereocenters. The Morgan fingerprint density at radius 2 is 2.14 bits per heavy atom. The van der Waals surface area contributed by atoms with Crippen molar-refractivity contribution in [1.82, 2.24) is 4.90 Å². The maximum absolute atomic E-state index is 10.9. The molecule has 0 spiro atoms. The van der Waals surface area contributed by atoms with Crippen LogP contribution in [-0.2, 0) is 9.53 Å². The molecule has 4 nitrogen and oxygen atoms in total. The first-order valence-corrected chi connectivity index (χ1v) is 5.18. The van der Waals surface area contributed by atoms with Gasteiger partial charge in [-0.3, -0.25) is 4.79 Å². The van der Waals surface area contributed by atoms with E-state index < -0.39 is 5.97 Å². The minimum atomic E-state index is -0.700. The fourth-order valence-electron chi connectivity index (χ4n) is 1.83. The quantitative estimate of drug-likeness (QED) is 0.691. The van der Waals surface area contributed by atoms with Gasteiger partial charge in [-0.05, 0) is 32.4 Å². The maximum Gasteiger partial charge on any atom is 0.307 e. The molecule has 1 aliphatic heterocycles. The van der Waals surface area contributed by atoms with Crippen molar-refractivity contribution in [2.75, 3.05) is 33.4 Å². The zero-order valence-corrected chi connectivity index (χ0v) is 8.74. The summed E-state index contributed by atoms with van der Waals surface area (Å²) in [6.07, 6.45) is 3.02. The van der Waals surface area contributed by atoms with E-state index in [0.717, 1.165) is 13.1 Å². The third-order valence-electron chi connectivity index (χ3n) is 2.70. The van der Waals surface area contributed by atoms with Crippen LogP contribution in [0.15, 0.2) is 0 Å². The van der Waals surface area contributed by atoms with Crippen molar-refractivity contribution in [3.63, 3.8) is 0 Å². The Hall–Kier alpha value is -0.610. The number of carbonyl (C=O) groups is 1. The van der Waals surface area contributed by atoms with Gasteiger partial charge in [-0.2, -0.15) is 0 Å². The number of carboxylic acids is 1. The van der Waals surface area contributed by atoms with Crippen LogP contribution in [-0.4, -0.2) is 49.3 Å². The number of likely N-dealkylation sites (tertiary alicyclic amines) is 1. The van der Waals surface area contributed by atoms with Crippen molar-refractivity contribution < 1.29 is 14.6 Å². The first-order chi connectivity index (χ1) is 6.74. The van der Waals surface area contributed by atoms with E-state index >= 15 is 0 Å². The summed E-state index contributed by atoms with van der Waals surface area (Å²) in [6.45, 7) is 3.32. The zero-order valence-electron chi connectivity index (χ0n) is 8.74. The van der Waals surface area contributed by atoms with E-state index in [-0.39, 0.29) is 5.92 Å². The highest BCUT2D eigenvalue weighted by molar-refractivity contribution is 5.70. The normalized spacial score (nSPS) is 19.8. The number of rotatable bonds is 6. The van der Waals surface area contributed by atoms with E-state index in [1.54, 1.807) is 7.11 Å². The van der Waals surface area contributed by atoms with Crippen LogP contribution in [0.3, 0.4) is 0 Å². The van der Waals surface area contributed by atoms with E-state index in [1.807, 2.05) is 0 Å². The van der Waals surface area contributed by atoms with Crippen LogP contribution in [0.2, 0.25) is 0 Å². The Morgan fingerprint density at radius 3 is 2.64 bits per heavy atom. The number of hydrogen-bond acceptors (Lipinski definition) is 3. The number of methoxy groups -OCH3 is 1. The van der Waals surface area contributed by atoms with E-state index in [2.05, 4.69) is 4.90 Å². The summed E-state index contributed by atoms with van der Waals surface area (Å²) in [5.74, 6) is -0.970. The lowest BCUT2D eigenvalue weighted by molar-refractivity contribution is -0.143. The molecule has 0 bridgehead atoms. The van der Waals surface area contributed by atoms with E-state index in [4.69, 9.17) is 9.84 Å². The predicted molar refractivity (Wildman–Crippen MR) is 53.3 cm³/mol. The molecule has 4 heteroatoms. The highest BCUT2D eigenvalue weighted by Crippen LogP contribution is 2.13. The van der Waals surface area contributed by atoms with Crippen LogP contribution in [0.4, 0.5) is 0 Å². The number of carboxylic acid groups (broad SMARTS) is 1. The second kappa shape index (κ2) is 5.98. The van der Waals surface area contributed by atoms with Crippen molar-refractivity contribution in [3.8, 4) is 0 Å². The SMILES string of the molecule is COCCC(CN1CCCC1)C(=O)O. The molecule has 1 N–H and O–H groups in total. The molecule has 1 aliphatic rings. The molecule has 0 radical (unpaired) electrons. The molecule has 1 fully saturated rings. The Balaban J connectivity index is 2.30. The van der Waals surface area contributed by atoms with Gasteiger partial charge in [0.25, 0.3) is 0 Å². The summed E-state index contributed by atoms with van der Waals surface area (Å²) in [4.78, 5) is 13.1. The molecule has 0 aromatic heterocycles. The summed E-state index contributed by atoms with van der Waals surface area (Å²) in [5, 5.41) is 8.98. The van der Waals surface area contributed by atoms with Gasteiger partial charge in [-0.25, -0.2) is 0 Å². The lowest BCUT2D eigenvalue weighted by atomic mass is 10.1. The summed E-state index contributed by atoms with van der Waals surface area (Å²) in [5.41, 5.74) is 0. The average Bonchev–Trinajstić information content (AvgIpc) is 2.64. The van der Waals surface area contributed by atoms with E-state index in [9.17, 15) is 4.79 Å². The molecule has 14 heavy (non-hydrogen) atoms. The second-order valence-corrected chi connectivity index (χ2v) is 3.82. The van der Waals surface area contributed by atoms with Crippen LogP contribution >= 0.6 is 0 Å². The summed E-state index contributed by atoms with van der Waals surface area (Å²) >= 11 is 0. The summed E-state index contributed by atoms with van der Waals surface area (Å²) < 4.78 is 4.91. The molecule has 0 aliphatic carbocycles. The molecule has 0 saturated carbocycles. The topological polar surface area (TPSA) is 49.8 Å². The van der Waals surface area contributed by atoms with Gasteiger partial charge < -0.3 is 14.7 Å². The molecule has 1 rings (SSSR count). The molecule has 0 aromatic carbocycles. The standard InChI is InChI=1S/C10H19NO3/c1-14-7-4-9(10(12)13)8-11-5-2-3-6-11/h9H,2-8H2,1H3,(H,12,13). The van der Waals surface area contributed by atoms with Gasteiger partial charge in [0.15, 0.2) is 0 Å². The first-order valence-electron chi connectivity index (χ1n) is 5.18. The minimum Gasteiger partial charge on any atom is -0.481 e. The molecule has 0 amide bonds. The van der Waals surface area contributed by atoms with E-state index in [1.165, 1.54) is 12.8 Å². The highest BCUT2D eigenvalue weighted by Gasteiger charge is 2.22. The van der Waals surface area contributed by atoms with Gasteiger partial charge in [0.1, 0.15) is 0 Å². The van der Waals surface area contributed by atoms with Gasteiger partial charge in [-0.1, -0.05) is 0 Å². The monoisotopic (exact) mass is 201 g/mol. The van der Waals surface area contributed by atoms with Gasteiger partial charge in [-0.15, -0.1) is 0 Å². The second-order valence-electron chi connectivity index (χ2n) is 3.82. The lowest BCUT2D eigenvalue weighted by Gasteiger charge is -2.19. The molecule has 0 aromatic rings. The molecular formula is C10H19NO3. The third kappa shape index (κ3) is 3.64. The first kappa shape index (κ1) is 11.5. The Bertz CT molecular complexity index is 178. The fraction of sp³-hybridized carbons (Fsp3) is 0.900. The van der Waals surface area contributed by atoms with Gasteiger partial charge >= 0.3 is 5.97 Å².